The molecule has 0 fully saturated rings. The molecule has 0 rings (SSSR count). The molecule has 0 atom stereocenters. The first-order valence-corrected chi connectivity index (χ1v) is 2.99. The third-order valence-corrected chi connectivity index (χ3v) is 1.49. The Balaban J connectivity index is 5.78. The van der Waals surface area contributed by atoms with E-state index in [4.69, 9.17) is 0 Å². The van der Waals surface area contributed by atoms with Crippen LogP contribution in [0.3, 0.4) is 0 Å². The minimum atomic E-state index is -6.65. The van der Waals surface area contributed by atoms with E-state index in [9.17, 15) is 39.5 Å². The number of nitrogens with two attached hydrogens (primary N) is 1. The predicted molar refractivity (Wildman–Crippen MR) is 28.2 cm³/mol. The molecule has 0 bridgehead atoms. The van der Waals surface area contributed by atoms with Gasteiger partial charge in [0.2, 0.25) is 0 Å². The predicted octanol–water partition coefficient (Wildman–Crippen LogP) is 1.88. The quantitative estimate of drug-likeness (QED) is 0.423. The largest absolute Gasteiger partial charge is 0.425 e. The van der Waals surface area contributed by atoms with Crippen LogP contribution in [0.5, 0.6) is 0 Å². The number of hydrazine groups is 1. The van der Waals surface area contributed by atoms with Gasteiger partial charge in [0.05, 0.1) is 0 Å². The minimum Gasteiger partial charge on any atom is -0.270 e. The van der Waals surface area contributed by atoms with E-state index in [0.717, 1.165) is 0 Å². The monoisotopic (exact) mass is 250 g/mol. The Bertz CT molecular complexity index is 186. The second-order valence-corrected chi connectivity index (χ2v) is 2.39. The maximum absolute atomic E-state index is 11.8. The summed E-state index contributed by atoms with van der Waals surface area (Å²) in [6.07, 6.45) is -20.0. The van der Waals surface area contributed by atoms with Crippen molar-refractivity contribution in [2.75, 3.05) is 0 Å². The lowest BCUT2D eigenvalue weighted by atomic mass is 9.98. The third-order valence-electron chi connectivity index (χ3n) is 1.49. The Kier molecular flexibility index (Phi) is 3.24. The molecule has 0 aliphatic heterocycles. The summed E-state index contributed by atoms with van der Waals surface area (Å²) >= 11 is 0. The van der Waals surface area contributed by atoms with Crippen molar-refractivity contribution in [3.63, 3.8) is 0 Å². The van der Waals surface area contributed by atoms with Gasteiger partial charge < -0.3 is 0 Å². The Hall–Kier alpha value is -0.710. The van der Waals surface area contributed by atoms with Crippen LogP contribution < -0.4 is 11.3 Å². The molecule has 0 aromatic heterocycles. The van der Waals surface area contributed by atoms with E-state index < -0.39 is 24.1 Å². The van der Waals surface area contributed by atoms with E-state index in [0.29, 0.717) is 0 Å². The van der Waals surface area contributed by atoms with Gasteiger partial charge in [0.15, 0.2) is 0 Å². The van der Waals surface area contributed by atoms with Crippen molar-refractivity contribution in [3.05, 3.63) is 0 Å². The average Bonchev–Trinajstić information content (AvgIpc) is 1.76. The summed E-state index contributed by atoms with van der Waals surface area (Å²) in [6.45, 7) is 0. The highest BCUT2D eigenvalue weighted by molar-refractivity contribution is 5.06. The Morgan fingerprint density at radius 1 is 0.600 bits per heavy atom. The van der Waals surface area contributed by atoms with E-state index in [1.54, 1.807) is 0 Å². The lowest BCUT2D eigenvalue weighted by molar-refractivity contribution is -0.390. The maximum atomic E-state index is 11.8. The first-order valence-electron chi connectivity index (χ1n) is 2.99. The molecule has 0 aromatic rings. The number of rotatable bonds is 1. The molecule has 0 saturated carbocycles. The Morgan fingerprint density at radius 3 is 0.800 bits per heavy atom. The van der Waals surface area contributed by atoms with Crippen molar-refractivity contribution in [2.45, 2.75) is 24.1 Å². The first-order chi connectivity index (χ1) is 6.31. The molecule has 0 aliphatic rings. The van der Waals surface area contributed by atoms with Crippen LogP contribution in [-0.2, 0) is 0 Å². The standard InChI is InChI=1S/C4H3F9N2/c5-2(6,7)1(15-14,3(8,9)10)4(11,12)13/h15H,14H2. The van der Waals surface area contributed by atoms with Crippen LogP contribution >= 0.6 is 0 Å². The van der Waals surface area contributed by atoms with Crippen LogP contribution in [0.4, 0.5) is 39.5 Å². The van der Waals surface area contributed by atoms with Gasteiger partial charge in [-0.1, -0.05) is 0 Å². The number of alkyl halides is 9. The summed E-state index contributed by atoms with van der Waals surface area (Å²) in [6, 6.07) is 0. The molecule has 2 nitrogen and oxygen atoms in total. The van der Waals surface area contributed by atoms with Gasteiger partial charge in [0.25, 0.3) is 0 Å². The molecule has 0 amide bonds. The van der Waals surface area contributed by atoms with Crippen molar-refractivity contribution in [1.29, 1.82) is 0 Å². The molecule has 15 heavy (non-hydrogen) atoms. The molecule has 0 aromatic carbocycles. The fourth-order valence-corrected chi connectivity index (χ4v) is 0.728. The number of hydrogen-bond acceptors (Lipinski definition) is 2. The Labute approximate surface area is 76.2 Å². The lowest BCUT2D eigenvalue weighted by Crippen LogP contribution is -2.75. The van der Waals surface area contributed by atoms with Gasteiger partial charge in [0.1, 0.15) is 0 Å². The molecule has 3 N–H and O–H groups in total. The highest BCUT2D eigenvalue weighted by Crippen LogP contribution is 2.51. The van der Waals surface area contributed by atoms with E-state index in [2.05, 4.69) is 5.84 Å². The summed E-state index contributed by atoms with van der Waals surface area (Å²) in [5, 5.41) is 0. The van der Waals surface area contributed by atoms with Crippen LogP contribution in [0.15, 0.2) is 0 Å². The maximum Gasteiger partial charge on any atom is 0.425 e. The van der Waals surface area contributed by atoms with Crippen LogP contribution in [-0.4, -0.2) is 24.1 Å². The average molecular weight is 250 g/mol. The van der Waals surface area contributed by atoms with Crippen molar-refractivity contribution in [3.8, 4) is 0 Å². The van der Waals surface area contributed by atoms with Crippen molar-refractivity contribution in [2.24, 2.45) is 5.84 Å². The van der Waals surface area contributed by atoms with Gasteiger partial charge in [-0.15, -0.1) is 0 Å². The second kappa shape index (κ2) is 3.40. The van der Waals surface area contributed by atoms with E-state index >= 15 is 0 Å². The van der Waals surface area contributed by atoms with Gasteiger partial charge in [-0.3, -0.25) is 5.84 Å². The van der Waals surface area contributed by atoms with E-state index in [1.807, 2.05) is 0 Å². The summed E-state index contributed by atoms with van der Waals surface area (Å²) in [5.41, 5.74) is -6.36. The van der Waals surface area contributed by atoms with Crippen LogP contribution in [0.1, 0.15) is 0 Å². The van der Waals surface area contributed by atoms with Crippen molar-refractivity contribution in [1.82, 2.24) is 5.43 Å². The second-order valence-electron chi connectivity index (χ2n) is 2.39. The zero-order valence-electron chi connectivity index (χ0n) is 6.48. The van der Waals surface area contributed by atoms with Crippen molar-refractivity contribution < 1.29 is 39.5 Å². The highest BCUT2D eigenvalue weighted by Gasteiger charge is 2.83. The van der Waals surface area contributed by atoms with E-state index in [1.165, 1.54) is 0 Å². The van der Waals surface area contributed by atoms with Gasteiger partial charge in [-0.2, -0.15) is 39.5 Å². The molecule has 0 radical (unpaired) electrons. The molecule has 0 saturated heterocycles. The summed E-state index contributed by atoms with van der Waals surface area (Å²) in [5.74, 6) is 3.76. The highest BCUT2D eigenvalue weighted by atomic mass is 19.4. The van der Waals surface area contributed by atoms with E-state index in [-0.39, 0.29) is 5.43 Å². The SMILES string of the molecule is NNC(C(F)(F)F)(C(F)(F)F)C(F)(F)F. The zero-order chi connectivity index (χ0) is 12.7. The zero-order valence-corrected chi connectivity index (χ0v) is 6.48. The number of hydrogen-bond donors (Lipinski definition) is 2. The number of halogens is 9. The normalized spacial score (nSPS) is 15.6. The van der Waals surface area contributed by atoms with Gasteiger partial charge in [-0.25, -0.2) is 5.43 Å². The molecular weight excluding hydrogens is 247 g/mol. The van der Waals surface area contributed by atoms with Crippen molar-refractivity contribution >= 4 is 0 Å². The summed E-state index contributed by atoms with van der Waals surface area (Å²) in [4.78, 5) is 0. The van der Waals surface area contributed by atoms with Crippen LogP contribution in [0.2, 0.25) is 0 Å². The molecule has 11 heteroatoms. The van der Waals surface area contributed by atoms with Crippen LogP contribution in [0.25, 0.3) is 0 Å². The Morgan fingerprint density at radius 2 is 0.800 bits per heavy atom. The fourth-order valence-electron chi connectivity index (χ4n) is 0.728. The minimum absolute atomic E-state index is 0.240. The molecule has 92 valence electrons. The first kappa shape index (κ1) is 14.3. The lowest BCUT2D eigenvalue weighted by Gasteiger charge is -2.37. The molecule has 0 unspecified atom stereocenters. The number of nitrogens with one attached hydrogen (secondary N) is 1. The molecule has 0 heterocycles. The molecule has 0 spiro atoms. The smallest absolute Gasteiger partial charge is 0.270 e. The van der Waals surface area contributed by atoms with Gasteiger partial charge >= 0.3 is 24.1 Å². The molecular formula is C4H3F9N2. The summed E-state index contributed by atoms with van der Waals surface area (Å²) in [7, 11) is 0. The van der Waals surface area contributed by atoms with Gasteiger partial charge in [-0.05, 0) is 0 Å². The van der Waals surface area contributed by atoms with Crippen LogP contribution in [0, 0.1) is 0 Å². The topological polar surface area (TPSA) is 38.0 Å². The summed E-state index contributed by atoms with van der Waals surface area (Å²) < 4.78 is 106. The van der Waals surface area contributed by atoms with Gasteiger partial charge in [0, 0.05) is 0 Å². The third kappa shape index (κ3) is 1.97. The fraction of sp³-hybridized carbons (Fsp3) is 1.00. The molecule has 0 aliphatic carbocycles.